The van der Waals surface area contributed by atoms with E-state index in [0.717, 1.165) is 43.9 Å². The number of amides is 1. The number of aryl methyl sites for hydroxylation is 1. The van der Waals surface area contributed by atoms with Gasteiger partial charge in [0.05, 0.1) is 22.3 Å². The van der Waals surface area contributed by atoms with Gasteiger partial charge in [-0.25, -0.2) is 8.42 Å². The zero-order chi connectivity index (χ0) is 26.3. The zero-order valence-electron chi connectivity index (χ0n) is 19.9. The lowest BCUT2D eigenvalue weighted by Gasteiger charge is -2.49. The Labute approximate surface area is 212 Å². The summed E-state index contributed by atoms with van der Waals surface area (Å²) in [4.78, 5) is 15.2. The number of benzene rings is 1. The molecule has 0 radical (unpaired) electrons. The first-order valence-corrected chi connectivity index (χ1v) is 13.5. The summed E-state index contributed by atoms with van der Waals surface area (Å²) in [5, 5.41) is 10.0. The molecule has 36 heavy (non-hydrogen) atoms. The lowest BCUT2D eigenvalue weighted by atomic mass is 9.86. The van der Waals surface area contributed by atoms with Crippen LogP contribution in [0.5, 0.6) is 0 Å². The molecule has 2 fully saturated rings. The number of hydrogen-bond donors (Lipinski definition) is 1. The van der Waals surface area contributed by atoms with Gasteiger partial charge >= 0.3 is 6.18 Å². The maximum Gasteiger partial charge on any atom is 0.416 e. The topological polar surface area (TPSA) is 100 Å². The van der Waals surface area contributed by atoms with Crippen molar-refractivity contribution in [1.29, 1.82) is 0 Å². The Morgan fingerprint density at radius 1 is 1.17 bits per heavy atom. The average molecular weight is 549 g/mol. The van der Waals surface area contributed by atoms with Crippen LogP contribution in [0.4, 0.5) is 13.2 Å². The third-order valence-corrected chi connectivity index (χ3v) is 9.29. The summed E-state index contributed by atoms with van der Waals surface area (Å²) < 4.78 is 67.4. The number of nitrogens with one attached hydrogen (secondary N) is 1. The number of carbonyl (C=O) groups excluding carboxylic acids is 1. The average Bonchev–Trinajstić information content (AvgIpc) is 3.49. The van der Waals surface area contributed by atoms with E-state index in [2.05, 4.69) is 20.5 Å². The molecule has 4 rings (SSSR count). The molecule has 1 aromatic carbocycles. The molecule has 14 heteroatoms. The molecule has 2 aromatic rings. The molecule has 1 atom stereocenters. The van der Waals surface area contributed by atoms with Crippen molar-refractivity contribution < 1.29 is 26.4 Å². The molecule has 0 bridgehead atoms. The van der Waals surface area contributed by atoms with Crippen LogP contribution in [0, 0.1) is 0 Å². The predicted octanol–water partition coefficient (Wildman–Crippen LogP) is 2.92. The number of aromatic nitrogens is 3. The fourth-order valence-electron chi connectivity index (χ4n) is 5.24. The maximum atomic E-state index is 13.0. The summed E-state index contributed by atoms with van der Waals surface area (Å²) in [5.41, 5.74) is -1.33. The molecule has 2 aliphatic rings. The van der Waals surface area contributed by atoms with Crippen LogP contribution in [0.15, 0.2) is 29.4 Å². The number of nitrogens with zero attached hydrogens (tertiary/aromatic N) is 5. The van der Waals surface area contributed by atoms with Crippen LogP contribution < -0.4 is 5.32 Å². The van der Waals surface area contributed by atoms with E-state index in [1.165, 1.54) is 15.2 Å². The van der Waals surface area contributed by atoms with Crippen molar-refractivity contribution in [3.05, 3.63) is 40.5 Å². The number of sulfonamides is 1. The molecule has 1 unspecified atom stereocenters. The van der Waals surface area contributed by atoms with Gasteiger partial charge in [-0.3, -0.25) is 14.4 Å². The van der Waals surface area contributed by atoms with Gasteiger partial charge in [0.1, 0.15) is 0 Å². The number of hydrogen-bond acceptors (Lipinski definition) is 6. The number of halogens is 4. The Balaban J connectivity index is 1.46. The first-order chi connectivity index (χ1) is 16.8. The van der Waals surface area contributed by atoms with Crippen molar-refractivity contribution in [2.45, 2.75) is 55.4 Å². The SMILES string of the molecule is CC(NC(=O)c1ccc(C(F)(F)F)cc1Cl)C1(N2CCN(S(=O)(=O)c3cn(C)nn3)CC2)CCCC1. The van der Waals surface area contributed by atoms with Gasteiger partial charge in [-0.2, -0.15) is 17.5 Å². The Morgan fingerprint density at radius 2 is 1.81 bits per heavy atom. The summed E-state index contributed by atoms with van der Waals surface area (Å²) in [6.07, 6.45) is 0.351. The van der Waals surface area contributed by atoms with Gasteiger partial charge in [-0.15, -0.1) is 5.10 Å². The monoisotopic (exact) mass is 548 g/mol. The van der Waals surface area contributed by atoms with Crippen molar-refractivity contribution in [2.24, 2.45) is 7.05 Å². The first kappa shape index (κ1) is 26.8. The molecule has 1 N–H and O–H groups in total. The number of carbonyl (C=O) groups is 1. The van der Waals surface area contributed by atoms with Crippen LogP contribution in [-0.2, 0) is 23.2 Å². The molecule has 198 valence electrons. The van der Waals surface area contributed by atoms with Crippen molar-refractivity contribution in [1.82, 2.24) is 29.5 Å². The maximum absolute atomic E-state index is 13.0. The van der Waals surface area contributed by atoms with E-state index >= 15 is 0 Å². The number of piperazine rings is 1. The number of rotatable bonds is 6. The highest BCUT2D eigenvalue weighted by Crippen LogP contribution is 2.39. The van der Waals surface area contributed by atoms with E-state index in [-0.39, 0.29) is 34.7 Å². The van der Waals surface area contributed by atoms with Gasteiger partial charge in [-0.1, -0.05) is 29.7 Å². The summed E-state index contributed by atoms with van der Waals surface area (Å²) in [7, 11) is -2.16. The highest BCUT2D eigenvalue weighted by atomic mass is 35.5. The van der Waals surface area contributed by atoms with Crippen LogP contribution in [0.1, 0.15) is 48.5 Å². The smallest absolute Gasteiger partial charge is 0.348 e. The van der Waals surface area contributed by atoms with Gasteiger partial charge in [0.25, 0.3) is 15.9 Å². The molecule has 9 nitrogen and oxygen atoms in total. The van der Waals surface area contributed by atoms with Crippen molar-refractivity contribution in [3.63, 3.8) is 0 Å². The quantitative estimate of drug-likeness (QED) is 0.596. The second-order valence-electron chi connectivity index (χ2n) is 9.32. The highest BCUT2D eigenvalue weighted by molar-refractivity contribution is 7.89. The van der Waals surface area contributed by atoms with Crippen molar-refractivity contribution in [3.8, 4) is 0 Å². The molecule has 1 aliphatic carbocycles. The van der Waals surface area contributed by atoms with Crippen LogP contribution in [0.25, 0.3) is 0 Å². The Kier molecular flexibility index (Phi) is 7.39. The largest absolute Gasteiger partial charge is 0.416 e. The Hall–Kier alpha value is -2.22. The molecule has 0 spiro atoms. The minimum absolute atomic E-state index is 0.0236. The van der Waals surface area contributed by atoms with E-state index in [9.17, 15) is 26.4 Å². The summed E-state index contributed by atoms with van der Waals surface area (Å²) in [6.45, 7) is 3.36. The standard InChI is InChI=1S/C22H28ClF3N6O3S/c1-15(27-20(33)17-6-5-16(13-18(17)23)22(24,25)26)21(7-3-4-8-21)31-9-11-32(12-10-31)36(34,35)19-14-30(2)29-28-19/h5-6,13-15H,3-4,7-12H2,1-2H3,(H,27,33). The molecule has 1 aromatic heterocycles. The summed E-state index contributed by atoms with van der Waals surface area (Å²) >= 11 is 6.02. The van der Waals surface area contributed by atoms with E-state index < -0.39 is 33.2 Å². The number of alkyl halides is 3. The lowest BCUT2D eigenvalue weighted by molar-refractivity contribution is -0.137. The Morgan fingerprint density at radius 3 is 2.33 bits per heavy atom. The minimum atomic E-state index is -4.55. The third kappa shape index (κ3) is 5.11. The van der Waals surface area contributed by atoms with Crippen LogP contribution in [0.3, 0.4) is 0 Å². The van der Waals surface area contributed by atoms with Crippen molar-refractivity contribution in [2.75, 3.05) is 26.2 Å². The fraction of sp³-hybridized carbons (Fsp3) is 0.591. The second kappa shape index (κ2) is 9.92. The van der Waals surface area contributed by atoms with Gasteiger partial charge in [0.2, 0.25) is 5.03 Å². The van der Waals surface area contributed by atoms with Gasteiger partial charge in [0.15, 0.2) is 0 Å². The van der Waals surface area contributed by atoms with Gasteiger partial charge < -0.3 is 5.32 Å². The minimum Gasteiger partial charge on any atom is -0.348 e. The predicted molar refractivity (Wildman–Crippen MR) is 126 cm³/mol. The summed E-state index contributed by atoms with van der Waals surface area (Å²) in [5.74, 6) is -0.545. The molecular weight excluding hydrogens is 521 g/mol. The molecular formula is C22H28ClF3N6O3S. The van der Waals surface area contributed by atoms with Crippen LogP contribution in [-0.4, -0.2) is 76.3 Å². The van der Waals surface area contributed by atoms with E-state index in [1.54, 1.807) is 7.05 Å². The third-order valence-electron chi connectivity index (χ3n) is 7.22. The molecule has 1 saturated carbocycles. The van der Waals surface area contributed by atoms with Crippen LogP contribution >= 0.6 is 11.6 Å². The first-order valence-electron chi connectivity index (χ1n) is 11.6. The van der Waals surface area contributed by atoms with E-state index in [4.69, 9.17) is 11.6 Å². The highest BCUT2D eigenvalue weighted by Gasteiger charge is 2.46. The Bertz CT molecular complexity index is 1220. The van der Waals surface area contributed by atoms with E-state index in [0.29, 0.717) is 13.1 Å². The molecule has 1 aliphatic heterocycles. The van der Waals surface area contributed by atoms with Crippen molar-refractivity contribution >= 4 is 27.5 Å². The summed E-state index contributed by atoms with van der Waals surface area (Å²) in [6, 6.07) is 2.34. The lowest BCUT2D eigenvalue weighted by Crippen LogP contribution is -2.64. The van der Waals surface area contributed by atoms with Crippen LogP contribution in [0.2, 0.25) is 5.02 Å². The van der Waals surface area contributed by atoms with Gasteiger partial charge in [0, 0.05) is 44.8 Å². The van der Waals surface area contributed by atoms with E-state index in [1.807, 2.05) is 6.92 Å². The fourth-order valence-corrected chi connectivity index (χ4v) is 6.85. The molecule has 1 amide bonds. The molecule has 2 heterocycles. The van der Waals surface area contributed by atoms with Gasteiger partial charge in [-0.05, 0) is 38.0 Å². The molecule has 1 saturated heterocycles. The zero-order valence-corrected chi connectivity index (χ0v) is 21.5. The normalized spacial score (nSPS) is 20.4. The second-order valence-corrected chi connectivity index (χ2v) is 11.6.